The zero-order chi connectivity index (χ0) is 15.4. The van der Waals surface area contributed by atoms with Gasteiger partial charge in [0, 0.05) is 17.5 Å². The van der Waals surface area contributed by atoms with Crippen molar-refractivity contribution < 1.29 is 13.9 Å². The molecule has 0 spiro atoms. The van der Waals surface area contributed by atoms with Gasteiger partial charge in [-0.15, -0.1) is 0 Å². The van der Waals surface area contributed by atoms with Gasteiger partial charge >= 0.3 is 0 Å². The fourth-order valence-corrected chi connectivity index (χ4v) is 2.09. The quantitative estimate of drug-likeness (QED) is 0.759. The number of benzene rings is 1. The summed E-state index contributed by atoms with van der Waals surface area (Å²) in [5.74, 6) is 0.117. The van der Waals surface area contributed by atoms with Crippen LogP contribution in [0.5, 0.6) is 0 Å². The summed E-state index contributed by atoms with van der Waals surface area (Å²) in [5, 5.41) is 16.2. The third-order valence-electron chi connectivity index (χ3n) is 3.26. The number of halogens is 1. The summed E-state index contributed by atoms with van der Waals surface area (Å²) in [6.45, 7) is 0. The molecule has 6 heteroatoms. The molecule has 0 bridgehead atoms. The molecule has 0 amide bonds. The lowest BCUT2D eigenvalue weighted by atomic mass is 10.0. The van der Waals surface area contributed by atoms with Crippen LogP contribution in [0.15, 0.2) is 53.6 Å². The van der Waals surface area contributed by atoms with Crippen LogP contribution in [0.3, 0.4) is 0 Å². The number of rotatable bonds is 5. The second-order valence-corrected chi connectivity index (χ2v) is 4.83. The molecule has 112 valence electrons. The summed E-state index contributed by atoms with van der Waals surface area (Å²) in [6.07, 6.45) is 7.69. The summed E-state index contributed by atoms with van der Waals surface area (Å²) in [5.41, 5.74) is 2.78. The van der Waals surface area contributed by atoms with E-state index in [0.29, 0.717) is 12.2 Å². The second-order valence-electron chi connectivity index (χ2n) is 4.83. The van der Waals surface area contributed by atoms with Gasteiger partial charge in [-0.3, -0.25) is 5.10 Å². The van der Waals surface area contributed by atoms with E-state index in [1.54, 1.807) is 36.8 Å². The normalized spacial score (nSPS) is 12.8. The maximum Gasteiger partial charge on any atom is 0.157 e. The van der Waals surface area contributed by atoms with Gasteiger partial charge < -0.3 is 9.52 Å². The smallest absolute Gasteiger partial charge is 0.157 e. The predicted molar refractivity (Wildman–Crippen MR) is 78.3 cm³/mol. The molecule has 1 unspecified atom stereocenters. The Kier molecular flexibility index (Phi) is 4.11. The van der Waals surface area contributed by atoms with Crippen molar-refractivity contribution in [3.05, 3.63) is 77.5 Å². The second kappa shape index (κ2) is 6.36. The number of nitrogens with one attached hydrogen (secondary N) is 1. The maximum atomic E-state index is 12.9. The lowest BCUT2D eigenvalue weighted by Gasteiger charge is -2.02. The van der Waals surface area contributed by atoms with Crippen molar-refractivity contribution in [2.45, 2.75) is 12.5 Å². The molecule has 3 rings (SSSR count). The van der Waals surface area contributed by atoms with Crippen LogP contribution in [0, 0.1) is 5.82 Å². The average molecular weight is 299 g/mol. The molecule has 1 atom stereocenters. The van der Waals surface area contributed by atoms with Crippen LogP contribution in [0.2, 0.25) is 0 Å². The Bertz CT molecular complexity index is 748. The molecule has 1 aromatic carbocycles. The zero-order valence-electron chi connectivity index (χ0n) is 11.6. The van der Waals surface area contributed by atoms with E-state index >= 15 is 0 Å². The molecular formula is C16H14FN3O2. The van der Waals surface area contributed by atoms with E-state index in [1.165, 1.54) is 18.5 Å². The Morgan fingerprint density at radius 2 is 2.09 bits per heavy atom. The fourth-order valence-electron chi connectivity index (χ4n) is 2.09. The number of H-pyrrole nitrogens is 1. The van der Waals surface area contributed by atoms with Gasteiger partial charge in [0.05, 0.1) is 12.5 Å². The Balaban J connectivity index is 1.73. The van der Waals surface area contributed by atoms with E-state index < -0.39 is 6.10 Å². The molecule has 2 N–H and O–H groups in total. The zero-order valence-corrected chi connectivity index (χ0v) is 11.6. The van der Waals surface area contributed by atoms with Crippen molar-refractivity contribution in [1.82, 2.24) is 15.2 Å². The van der Waals surface area contributed by atoms with E-state index in [4.69, 9.17) is 4.42 Å². The van der Waals surface area contributed by atoms with Crippen LogP contribution < -0.4 is 0 Å². The van der Waals surface area contributed by atoms with E-state index in [0.717, 1.165) is 16.7 Å². The van der Waals surface area contributed by atoms with Crippen LogP contribution in [0.25, 0.3) is 6.08 Å². The largest absolute Gasteiger partial charge is 0.472 e. The Morgan fingerprint density at radius 1 is 1.27 bits per heavy atom. The van der Waals surface area contributed by atoms with Gasteiger partial charge in [0.2, 0.25) is 0 Å². The molecule has 2 heterocycles. The van der Waals surface area contributed by atoms with Crippen LogP contribution in [-0.4, -0.2) is 20.3 Å². The Labute approximate surface area is 126 Å². The molecule has 22 heavy (non-hydrogen) atoms. The maximum absolute atomic E-state index is 12.9. The first-order valence-electron chi connectivity index (χ1n) is 6.73. The Morgan fingerprint density at radius 3 is 2.82 bits per heavy atom. The number of aromatic amines is 1. The minimum Gasteiger partial charge on any atom is -0.472 e. The fraction of sp³-hybridized carbons (Fsp3) is 0.125. The summed E-state index contributed by atoms with van der Waals surface area (Å²) in [7, 11) is 0. The number of hydrogen-bond donors (Lipinski definition) is 2. The Hall–Kier alpha value is -2.73. The summed E-state index contributed by atoms with van der Waals surface area (Å²) in [4.78, 5) is 3.89. The number of hydrogen-bond acceptors (Lipinski definition) is 4. The first-order valence-corrected chi connectivity index (χ1v) is 6.73. The molecule has 0 aliphatic rings. The first kappa shape index (κ1) is 14.2. The van der Waals surface area contributed by atoms with Gasteiger partial charge in [-0.2, -0.15) is 5.10 Å². The van der Waals surface area contributed by atoms with Gasteiger partial charge in [0.15, 0.2) is 5.82 Å². The topological polar surface area (TPSA) is 74.9 Å². The minimum atomic E-state index is -0.865. The standard InChI is InChI=1S/C16H14FN3O2/c17-14-4-1-11(2-5-14)7-13-9-22-8-12(13)3-6-15(21)16-18-10-19-20-16/h1-6,8-10,15,21H,7H2,(H,18,19,20). The highest BCUT2D eigenvalue weighted by Gasteiger charge is 2.08. The molecule has 0 aliphatic carbocycles. The van der Waals surface area contributed by atoms with Gasteiger partial charge in [0.25, 0.3) is 0 Å². The van der Waals surface area contributed by atoms with Crippen LogP contribution in [0.4, 0.5) is 4.39 Å². The molecule has 0 saturated heterocycles. The number of nitrogens with zero attached hydrogens (tertiary/aromatic N) is 2. The van der Waals surface area contributed by atoms with Gasteiger partial charge in [0.1, 0.15) is 18.2 Å². The van der Waals surface area contributed by atoms with E-state index in [9.17, 15) is 9.50 Å². The lowest BCUT2D eigenvalue weighted by Crippen LogP contribution is -1.96. The molecule has 0 radical (unpaired) electrons. The molecule has 5 nitrogen and oxygen atoms in total. The van der Waals surface area contributed by atoms with E-state index in [2.05, 4.69) is 15.2 Å². The molecule has 0 fully saturated rings. The third kappa shape index (κ3) is 3.29. The van der Waals surface area contributed by atoms with Crippen molar-refractivity contribution in [2.24, 2.45) is 0 Å². The van der Waals surface area contributed by atoms with Crippen molar-refractivity contribution in [1.29, 1.82) is 0 Å². The van der Waals surface area contributed by atoms with E-state index in [-0.39, 0.29) is 5.82 Å². The van der Waals surface area contributed by atoms with Crippen molar-refractivity contribution in [2.75, 3.05) is 0 Å². The van der Waals surface area contributed by atoms with Crippen molar-refractivity contribution >= 4 is 6.08 Å². The number of aliphatic hydroxyl groups is 1. The molecular weight excluding hydrogens is 285 g/mol. The molecule has 3 aromatic rings. The SMILES string of the molecule is OC(C=Cc1cocc1Cc1ccc(F)cc1)c1ncn[nH]1. The van der Waals surface area contributed by atoms with Crippen molar-refractivity contribution in [3.63, 3.8) is 0 Å². The van der Waals surface area contributed by atoms with Crippen LogP contribution in [0.1, 0.15) is 28.6 Å². The number of furan rings is 1. The van der Waals surface area contributed by atoms with Gasteiger partial charge in [-0.1, -0.05) is 18.2 Å². The monoisotopic (exact) mass is 299 g/mol. The summed E-state index contributed by atoms with van der Waals surface area (Å²) < 4.78 is 18.1. The van der Waals surface area contributed by atoms with Gasteiger partial charge in [-0.05, 0) is 23.8 Å². The summed E-state index contributed by atoms with van der Waals surface area (Å²) >= 11 is 0. The lowest BCUT2D eigenvalue weighted by molar-refractivity contribution is 0.219. The van der Waals surface area contributed by atoms with Crippen LogP contribution >= 0.6 is 0 Å². The molecule has 2 aromatic heterocycles. The average Bonchev–Trinajstić information content (AvgIpc) is 3.19. The summed E-state index contributed by atoms with van der Waals surface area (Å²) in [6, 6.07) is 6.33. The first-order chi connectivity index (χ1) is 10.7. The number of aliphatic hydroxyl groups excluding tert-OH is 1. The molecule has 0 saturated carbocycles. The molecule has 0 aliphatic heterocycles. The number of aromatic nitrogens is 3. The van der Waals surface area contributed by atoms with Crippen LogP contribution in [-0.2, 0) is 6.42 Å². The highest BCUT2D eigenvalue weighted by molar-refractivity contribution is 5.53. The van der Waals surface area contributed by atoms with E-state index in [1.807, 2.05) is 0 Å². The third-order valence-corrected chi connectivity index (χ3v) is 3.26. The van der Waals surface area contributed by atoms with Crippen molar-refractivity contribution in [3.8, 4) is 0 Å². The predicted octanol–water partition coefficient (Wildman–Crippen LogP) is 2.87. The highest BCUT2D eigenvalue weighted by Crippen LogP contribution is 2.19. The minimum absolute atomic E-state index is 0.258. The van der Waals surface area contributed by atoms with Gasteiger partial charge in [-0.25, -0.2) is 9.37 Å². The highest BCUT2D eigenvalue weighted by atomic mass is 19.1.